The normalized spacial score (nSPS) is 22.3. The van der Waals surface area contributed by atoms with E-state index in [1.165, 1.54) is 5.56 Å². The topological polar surface area (TPSA) is 55.8 Å². The number of fused-ring (bicyclic) bond motifs is 3. The van der Waals surface area contributed by atoms with Gasteiger partial charge in [0.2, 0.25) is 18.2 Å². The maximum atomic E-state index is 6.30. The van der Waals surface area contributed by atoms with E-state index in [0.29, 0.717) is 11.8 Å². The monoisotopic (exact) mass is 422 g/mol. The van der Waals surface area contributed by atoms with Gasteiger partial charge in [0.1, 0.15) is 18.1 Å². The summed E-state index contributed by atoms with van der Waals surface area (Å²) in [5.74, 6) is 3.12. The highest BCUT2D eigenvalue weighted by atomic mass is 35.5. The molecule has 1 saturated carbocycles. The molecular weight excluding hydrogens is 398 g/mol. The van der Waals surface area contributed by atoms with Crippen molar-refractivity contribution in [1.29, 1.82) is 0 Å². The van der Waals surface area contributed by atoms with Crippen molar-refractivity contribution in [3.63, 3.8) is 0 Å². The summed E-state index contributed by atoms with van der Waals surface area (Å²) >= 11 is 6.30. The van der Waals surface area contributed by atoms with Gasteiger partial charge < -0.3 is 4.74 Å². The first-order valence-corrected chi connectivity index (χ1v) is 10.9. The third kappa shape index (κ3) is 3.72. The van der Waals surface area contributed by atoms with Gasteiger partial charge in [-0.15, -0.1) is 10.2 Å². The lowest BCUT2D eigenvalue weighted by Crippen LogP contribution is -2.25. The fraction of sp³-hybridized carbons (Fsp3) is 0.391. The predicted octanol–water partition coefficient (Wildman–Crippen LogP) is 4.54. The molecule has 1 aliphatic heterocycles. The maximum absolute atomic E-state index is 6.30. The van der Waals surface area contributed by atoms with Gasteiger partial charge >= 0.3 is 0 Å². The molecule has 0 radical (unpaired) electrons. The molecule has 2 aliphatic rings. The molecular formula is C23H25ClN5O+. The Bertz CT molecular complexity index is 1070. The zero-order valence-corrected chi connectivity index (χ0v) is 17.8. The third-order valence-corrected chi connectivity index (χ3v) is 6.32. The van der Waals surface area contributed by atoms with Crippen LogP contribution < -0.4 is 4.74 Å². The Hall–Kier alpha value is -2.73. The largest absolute Gasteiger partial charge is 0.474 e. The molecule has 30 heavy (non-hydrogen) atoms. The van der Waals surface area contributed by atoms with Crippen molar-refractivity contribution in [1.82, 2.24) is 19.7 Å². The quantitative estimate of drug-likeness (QED) is 0.581. The minimum Gasteiger partial charge on any atom is -0.474 e. The van der Waals surface area contributed by atoms with Crippen molar-refractivity contribution in [3.05, 3.63) is 64.8 Å². The van der Waals surface area contributed by atoms with Gasteiger partial charge in [0.25, 0.3) is 0 Å². The Morgan fingerprint density at radius 3 is 2.73 bits per heavy atom. The second-order valence-electron chi connectivity index (χ2n) is 8.01. The first kappa shape index (κ1) is 19.2. The summed E-state index contributed by atoms with van der Waals surface area (Å²) in [5, 5.41) is 9.98. The Morgan fingerprint density at radius 2 is 1.97 bits per heavy atom. The van der Waals surface area contributed by atoms with E-state index < -0.39 is 0 Å². The van der Waals surface area contributed by atoms with Gasteiger partial charge in [-0.1, -0.05) is 17.7 Å². The first-order valence-electron chi connectivity index (χ1n) is 10.6. The minimum absolute atomic E-state index is 0.207. The number of benzene rings is 1. The van der Waals surface area contributed by atoms with Crippen molar-refractivity contribution in [2.45, 2.75) is 57.7 Å². The van der Waals surface area contributed by atoms with E-state index in [0.717, 1.165) is 61.1 Å². The zero-order valence-electron chi connectivity index (χ0n) is 17.0. The molecule has 0 amide bonds. The smallest absolute Gasteiger partial charge is 0.213 e. The molecule has 0 N–H and O–H groups in total. The summed E-state index contributed by atoms with van der Waals surface area (Å²) in [6.07, 6.45) is 8.13. The Balaban J connectivity index is 1.40. The lowest BCUT2D eigenvalue weighted by molar-refractivity contribution is -0.556. The number of rotatable bonds is 3. The van der Waals surface area contributed by atoms with Gasteiger partial charge in [-0.3, -0.25) is 4.57 Å². The second kappa shape index (κ2) is 8.19. The van der Waals surface area contributed by atoms with Crippen molar-refractivity contribution in [3.8, 4) is 11.6 Å². The Kier molecular flexibility index (Phi) is 5.25. The summed E-state index contributed by atoms with van der Waals surface area (Å²) < 4.78 is 10.6. The fourth-order valence-electron chi connectivity index (χ4n) is 4.52. The lowest BCUT2D eigenvalue weighted by Gasteiger charge is -2.28. The van der Waals surface area contributed by atoms with Crippen molar-refractivity contribution in [2.24, 2.45) is 0 Å². The van der Waals surface area contributed by atoms with E-state index in [1.54, 1.807) is 6.20 Å². The highest BCUT2D eigenvalue weighted by Crippen LogP contribution is 2.36. The zero-order chi connectivity index (χ0) is 20.5. The molecule has 154 valence electrons. The summed E-state index contributed by atoms with van der Waals surface area (Å²) in [4.78, 5) is 4.29. The highest BCUT2D eigenvalue weighted by molar-refractivity contribution is 6.30. The minimum atomic E-state index is 0.207. The molecule has 3 aromatic rings. The summed E-state index contributed by atoms with van der Waals surface area (Å²) in [5.41, 5.74) is 2.35. The van der Waals surface area contributed by atoms with Crippen LogP contribution in [0.15, 0.2) is 42.6 Å². The molecule has 1 aliphatic carbocycles. The van der Waals surface area contributed by atoms with Crippen LogP contribution in [0.3, 0.4) is 0 Å². The number of hydrogen-bond donors (Lipinski definition) is 0. The number of nitrogens with zero attached hydrogens (tertiary/aromatic N) is 5. The maximum Gasteiger partial charge on any atom is 0.213 e. The van der Waals surface area contributed by atoms with Crippen LogP contribution in [-0.2, 0) is 13.1 Å². The molecule has 0 spiro atoms. The van der Waals surface area contributed by atoms with Gasteiger partial charge in [0, 0.05) is 35.7 Å². The van der Waals surface area contributed by atoms with E-state index in [-0.39, 0.29) is 6.10 Å². The molecule has 0 bridgehead atoms. The van der Waals surface area contributed by atoms with Crippen LogP contribution in [0.4, 0.5) is 0 Å². The number of hydrogen-bond acceptors (Lipinski definition) is 4. The van der Waals surface area contributed by atoms with Crippen LogP contribution >= 0.6 is 11.6 Å². The van der Waals surface area contributed by atoms with Crippen LogP contribution in [0.5, 0.6) is 5.88 Å². The van der Waals surface area contributed by atoms with Gasteiger partial charge in [-0.2, -0.15) is 0 Å². The number of aromatic nitrogens is 4. The first-order chi connectivity index (χ1) is 14.7. The molecule has 5 rings (SSSR count). The Labute approximate surface area is 181 Å². The SMILES string of the molecule is CC=[N+]1Cc2cc(Cl)ccc2-n2c(nnc2C2CCC(Oc3ccccn3)CC2)C1. The number of ether oxygens (including phenoxy) is 1. The molecule has 3 heterocycles. The van der Waals surface area contributed by atoms with Gasteiger partial charge in [-0.05, 0) is 49.9 Å². The molecule has 1 fully saturated rings. The number of halogens is 1. The van der Waals surface area contributed by atoms with Crippen molar-refractivity contribution < 1.29 is 9.31 Å². The van der Waals surface area contributed by atoms with Crippen molar-refractivity contribution >= 4 is 17.8 Å². The second-order valence-corrected chi connectivity index (χ2v) is 8.44. The van der Waals surface area contributed by atoms with Crippen LogP contribution in [0, 0.1) is 0 Å². The van der Waals surface area contributed by atoms with E-state index in [9.17, 15) is 0 Å². The number of pyridine rings is 1. The van der Waals surface area contributed by atoms with Crippen LogP contribution in [0.25, 0.3) is 5.69 Å². The average molecular weight is 423 g/mol. The summed E-state index contributed by atoms with van der Waals surface area (Å²) in [6.45, 7) is 3.62. The molecule has 0 atom stereocenters. The fourth-order valence-corrected chi connectivity index (χ4v) is 4.72. The summed E-state index contributed by atoms with van der Waals surface area (Å²) in [6, 6.07) is 11.9. The van der Waals surface area contributed by atoms with Crippen molar-refractivity contribution in [2.75, 3.05) is 0 Å². The van der Waals surface area contributed by atoms with Gasteiger partial charge in [0.05, 0.1) is 5.69 Å². The molecule has 6 nitrogen and oxygen atoms in total. The molecule has 0 saturated heterocycles. The third-order valence-electron chi connectivity index (χ3n) is 6.09. The van der Waals surface area contributed by atoms with E-state index in [2.05, 4.69) is 49.6 Å². The standard InChI is InChI=1S/C23H25ClN5O/c1-2-28-14-17-13-18(24)8-11-20(17)29-21(15-28)26-27-23(29)16-6-9-19(10-7-16)30-22-5-3-4-12-25-22/h2-5,8,11-13,16,19H,6-7,9-10,14-15H2,1H3/q+1. The average Bonchev–Trinajstić information content (AvgIpc) is 3.11. The van der Waals surface area contributed by atoms with E-state index in [4.69, 9.17) is 16.3 Å². The molecule has 0 unspecified atom stereocenters. The molecule has 2 aromatic heterocycles. The van der Waals surface area contributed by atoms with E-state index in [1.807, 2.05) is 24.3 Å². The molecule has 1 aromatic carbocycles. The van der Waals surface area contributed by atoms with Crippen LogP contribution in [0.1, 0.15) is 55.7 Å². The highest BCUT2D eigenvalue weighted by Gasteiger charge is 2.32. The van der Waals surface area contributed by atoms with E-state index >= 15 is 0 Å². The molecule has 7 heteroatoms. The summed E-state index contributed by atoms with van der Waals surface area (Å²) in [7, 11) is 0. The van der Waals surface area contributed by atoms with Gasteiger partial charge in [-0.25, -0.2) is 9.56 Å². The predicted molar refractivity (Wildman–Crippen MR) is 116 cm³/mol. The lowest BCUT2D eigenvalue weighted by atomic mass is 9.86. The Morgan fingerprint density at radius 1 is 1.10 bits per heavy atom. The van der Waals surface area contributed by atoms with Gasteiger partial charge in [0.15, 0.2) is 6.54 Å². The van der Waals surface area contributed by atoms with Crippen LogP contribution in [0.2, 0.25) is 5.02 Å². The van der Waals surface area contributed by atoms with Crippen LogP contribution in [-0.4, -0.2) is 36.6 Å².